The summed E-state index contributed by atoms with van der Waals surface area (Å²) in [4.78, 5) is 3.41. The predicted molar refractivity (Wildman–Crippen MR) is 69.4 cm³/mol. The van der Waals surface area contributed by atoms with E-state index in [9.17, 15) is 0 Å². The van der Waals surface area contributed by atoms with E-state index in [0.29, 0.717) is 5.92 Å². The third-order valence-corrected chi connectivity index (χ3v) is 3.63. The van der Waals surface area contributed by atoms with Gasteiger partial charge in [-0.15, -0.1) is 0 Å². The highest BCUT2D eigenvalue weighted by atomic mass is 14.8. The van der Waals surface area contributed by atoms with E-state index in [1.54, 1.807) is 0 Å². The van der Waals surface area contributed by atoms with E-state index < -0.39 is 0 Å². The van der Waals surface area contributed by atoms with Crippen LogP contribution < -0.4 is 5.73 Å². The van der Waals surface area contributed by atoms with E-state index in [-0.39, 0.29) is 5.54 Å². The van der Waals surface area contributed by atoms with Crippen molar-refractivity contribution in [1.29, 1.82) is 0 Å². The standard InChI is InChI=1S/C14H20N2/c1-9(2)14(4,15)13-10(3)16-12-8-6-5-7-11(12)13/h5-9,16H,15H2,1-4H3. The van der Waals surface area contributed by atoms with Crippen LogP contribution in [0.25, 0.3) is 10.9 Å². The highest BCUT2D eigenvalue weighted by molar-refractivity contribution is 5.85. The Hall–Kier alpha value is -1.28. The summed E-state index contributed by atoms with van der Waals surface area (Å²) < 4.78 is 0. The zero-order chi connectivity index (χ0) is 11.9. The molecule has 0 bridgehead atoms. The van der Waals surface area contributed by atoms with Gasteiger partial charge in [-0.3, -0.25) is 0 Å². The monoisotopic (exact) mass is 216 g/mol. The first-order chi connectivity index (χ1) is 7.44. The molecule has 0 amide bonds. The molecule has 2 nitrogen and oxygen atoms in total. The fraction of sp³-hybridized carbons (Fsp3) is 0.429. The molecule has 0 radical (unpaired) electrons. The van der Waals surface area contributed by atoms with E-state index in [2.05, 4.69) is 50.9 Å². The molecule has 2 aromatic rings. The molecule has 86 valence electrons. The highest BCUT2D eigenvalue weighted by Gasteiger charge is 2.29. The molecule has 16 heavy (non-hydrogen) atoms. The maximum atomic E-state index is 6.47. The maximum absolute atomic E-state index is 6.47. The molecule has 1 aromatic carbocycles. The van der Waals surface area contributed by atoms with Crippen LogP contribution in [0.1, 0.15) is 32.0 Å². The molecule has 0 spiro atoms. The second-order valence-electron chi connectivity index (χ2n) is 5.11. The Balaban J connectivity index is 2.73. The minimum absolute atomic E-state index is 0.288. The van der Waals surface area contributed by atoms with Gasteiger partial charge in [-0.05, 0) is 25.8 Å². The van der Waals surface area contributed by atoms with Crippen molar-refractivity contribution in [2.45, 2.75) is 33.2 Å². The third-order valence-electron chi connectivity index (χ3n) is 3.63. The van der Waals surface area contributed by atoms with Gasteiger partial charge in [0.2, 0.25) is 0 Å². The van der Waals surface area contributed by atoms with Crippen molar-refractivity contribution in [3.05, 3.63) is 35.5 Å². The van der Waals surface area contributed by atoms with Crippen molar-refractivity contribution >= 4 is 10.9 Å². The lowest BCUT2D eigenvalue weighted by molar-refractivity contribution is 0.352. The summed E-state index contributed by atoms with van der Waals surface area (Å²) in [7, 11) is 0. The summed E-state index contributed by atoms with van der Waals surface area (Å²) in [5.74, 6) is 0.408. The van der Waals surface area contributed by atoms with Crippen LogP contribution >= 0.6 is 0 Å². The summed E-state index contributed by atoms with van der Waals surface area (Å²) in [6.45, 7) is 8.55. The Kier molecular flexibility index (Phi) is 2.55. The topological polar surface area (TPSA) is 41.8 Å². The highest BCUT2D eigenvalue weighted by Crippen LogP contribution is 2.34. The Morgan fingerprint density at radius 1 is 1.25 bits per heavy atom. The fourth-order valence-electron chi connectivity index (χ4n) is 2.26. The lowest BCUT2D eigenvalue weighted by Crippen LogP contribution is -2.39. The number of nitrogens with one attached hydrogen (secondary N) is 1. The molecule has 1 heterocycles. The zero-order valence-corrected chi connectivity index (χ0v) is 10.5. The average molecular weight is 216 g/mol. The molecule has 1 atom stereocenters. The first kappa shape index (κ1) is 11.2. The van der Waals surface area contributed by atoms with Crippen LogP contribution in [0.5, 0.6) is 0 Å². The smallest absolute Gasteiger partial charge is 0.0459 e. The first-order valence-electron chi connectivity index (χ1n) is 5.81. The molecule has 2 rings (SSSR count). The maximum Gasteiger partial charge on any atom is 0.0459 e. The molecule has 0 aliphatic carbocycles. The van der Waals surface area contributed by atoms with Crippen LogP contribution in [-0.4, -0.2) is 4.98 Å². The van der Waals surface area contributed by atoms with Crippen LogP contribution in [0, 0.1) is 12.8 Å². The number of benzene rings is 1. The van der Waals surface area contributed by atoms with Gasteiger partial charge in [0.1, 0.15) is 0 Å². The molecule has 0 saturated carbocycles. The Bertz CT molecular complexity index is 506. The lowest BCUT2D eigenvalue weighted by Gasteiger charge is -2.30. The van der Waals surface area contributed by atoms with Crippen molar-refractivity contribution in [3.8, 4) is 0 Å². The molecule has 2 heteroatoms. The minimum atomic E-state index is -0.288. The van der Waals surface area contributed by atoms with Crippen molar-refractivity contribution in [3.63, 3.8) is 0 Å². The SMILES string of the molecule is Cc1[nH]c2ccccc2c1C(C)(N)C(C)C. The number of fused-ring (bicyclic) bond motifs is 1. The summed E-state index contributed by atoms with van der Waals surface area (Å²) in [6.07, 6.45) is 0. The summed E-state index contributed by atoms with van der Waals surface area (Å²) in [5, 5.41) is 1.25. The Morgan fingerprint density at radius 2 is 1.88 bits per heavy atom. The van der Waals surface area contributed by atoms with Crippen LogP contribution in [0.15, 0.2) is 24.3 Å². The Morgan fingerprint density at radius 3 is 2.50 bits per heavy atom. The molecule has 3 N–H and O–H groups in total. The zero-order valence-electron chi connectivity index (χ0n) is 10.5. The summed E-state index contributed by atoms with van der Waals surface area (Å²) in [6, 6.07) is 8.35. The van der Waals surface area contributed by atoms with Gasteiger partial charge in [0.15, 0.2) is 0 Å². The van der Waals surface area contributed by atoms with Crippen LogP contribution in [-0.2, 0) is 5.54 Å². The number of para-hydroxylation sites is 1. The van der Waals surface area contributed by atoms with Gasteiger partial charge in [-0.2, -0.15) is 0 Å². The number of nitrogens with two attached hydrogens (primary N) is 1. The van der Waals surface area contributed by atoms with Gasteiger partial charge < -0.3 is 10.7 Å². The van der Waals surface area contributed by atoms with Crippen molar-refractivity contribution in [2.24, 2.45) is 11.7 Å². The second-order valence-corrected chi connectivity index (χ2v) is 5.11. The van der Waals surface area contributed by atoms with Crippen LogP contribution in [0.2, 0.25) is 0 Å². The van der Waals surface area contributed by atoms with Gasteiger partial charge in [-0.1, -0.05) is 32.0 Å². The predicted octanol–water partition coefficient (Wildman–Crippen LogP) is 3.31. The molecule has 0 aliphatic rings. The number of aromatic amines is 1. The van der Waals surface area contributed by atoms with E-state index >= 15 is 0 Å². The number of hydrogen-bond donors (Lipinski definition) is 2. The van der Waals surface area contributed by atoms with Crippen LogP contribution in [0.3, 0.4) is 0 Å². The number of aryl methyl sites for hydroxylation is 1. The van der Waals surface area contributed by atoms with E-state index in [4.69, 9.17) is 5.73 Å². The quantitative estimate of drug-likeness (QED) is 0.794. The number of H-pyrrole nitrogens is 1. The van der Waals surface area contributed by atoms with E-state index in [1.165, 1.54) is 22.2 Å². The normalized spacial score (nSPS) is 15.6. The van der Waals surface area contributed by atoms with Gasteiger partial charge in [0, 0.05) is 27.7 Å². The van der Waals surface area contributed by atoms with Crippen LogP contribution in [0.4, 0.5) is 0 Å². The van der Waals surface area contributed by atoms with E-state index in [0.717, 1.165) is 0 Å². The summed E-state index contributed by atoms with van der Waals surface area (Å²) >= 11 is 0. The lowest BCUT2D eigenvalue weighted by atomic mass is 9.81. The van der Waals surface area contributed by atoms with E-state index in [1.807, 2.05) is 6.07 Å². The molecule has 0 saturated heterocycles. The van der Waals surface area contributed by atoms with Gasteiger partial charge in [0.05, 0.1) is 0 Å². The molecule has 1 unspecified atom stereocenters. The van der Waals surface area contributed by atoms with Gasteiger partial charge >= 0.3 is 0 Å². The third kappa shape index (κ3) is 1.54. The molecular formula is C14H20N2. The largest absolute Gasteiger partial charge is 0.358 e. The minimum Gasteiger partial charge on any atom is -0.358 e. The second kappa shape index (κ2) is 3.63. The summed E-state index contributed by atoms with van der Waals surface area (Å²) in [5.41, 5.74) is 9.79. The number of hydrogen-bond acceptors (Lipinski definition) is 1. The van der Waals surface area contributed by atoms with Gasteiger partial charge in [0.25, 0.3) is 0 Å². The Labute approximate surface area is 96.9 Å². The number of rotatable bonds is 2. The van der Waals surface area contributed by atoms with Crippen molar-refractivity contribution in [1.82, 2.24) is 4.98 Å². The molecular weight excluding hydrogens is 196 g/mol. The first-order valence-corrected chi connectivity index (χ1v) is 5.81. The van der Waals surface area contributed by atoms with Crippen molar-refractivity contribution in [2.75, 3.05) is 0 Å². The fourth-order valence-corrected chi connectivity index (χ4v) is 2.26. The number of aromatic nitrogens is 1. The van der Waals surface area contributed by atoms with Crippen molar-refractivity contribution < 1.29 is 0 Å². The van der Waals surface area contributed by atoms with Gasteiger partial charge in [-0.25, -0.2) is 0 Å². The average Bonchev–Trinajstić information content (AvgIpc) is 2.53. The molecule has 1 aromatic heterocycles. The molecule has 0 aliphatic heterocycles. The molecule has 0 fully saturated rings.